The second-order valence-electron chi connectivity index (χ2n) is 12.1. The van der Waals surface area contributed by atoms with Crippen molar-refractivity contribution < 1.29 is 4.39 Å². The third kappa shape index (κ3) is 5.44. The molecule has 0 aromatic heterocycles. The number of benzene rings is 2. The van der Waals surface area contributed by atoms with Crippen LogP contribution in [0.15, 0.2) is 42.5 Å². The summed E-state index contributed by atoms with van der Waals surface area (Å²) < 4.78 is 15.1. The number of rotatable bonds is 5. The molecule has 0 heterocycles. The summed E-state index contributed by atoms with van der Waals surface area (Å²) >= 11 is 0. The number of hydrogen-bond acceptors (Lipinski definition) is 0. The minimum Gasteiger partial charge on any atom is -0.207 e. The molecule has 184 valence electrons. The number of hydrogen-bond donors (Lipinski definition) is 0. The van der Waals surface area contributed by atoms with Crippen LogP contribution in [0, 0.1) is 29.5 Å². The molecule has 3 saturated carbocycles. The molecule has 0 amide bonds. The molecule has 0 saturated heterocycles. The second kappa shape index (κ2) is 11.0. The van der Waals surface area contributed by atoms with E-state index in [-0.39, 0.29) is 5.82 Å². The van der Waals surface area contributed by atoms with E-state index in [0.29, 0.717) is 11.8 Å². The molecule has 0 bridgehead atoms. The van der Waals surface area contributed by atoms with Gasteiger partial charge in [0.15, 0.2) is 0 Å². The maximum Gasteiger partial charge on any atom is 0.127 e. The zero-order valence-electron chi connectivity index (χ0n) is 21.6. The molecule has 3 fully saturated rings. The van der Waals surface area contributed by atoms with E-state index in [1.165, 1.54) is 76.2 Å². The highest BCUT2D eigenvalue weighted by atomic mass is 19.1. The van der Waals surface area contributed by atoms with E-state index < -0.39 is 0 Å². The van der Waals surface area contributed by atoms with Crippen molar-refractivity contribution in [2.24, 2.45) is 23.7 Å². The van der Waals surface area contributed by atoms with Gasteiger partial charge >= 0.3 is 0 Å². The summed E-state index contributed by atoms with van der Waals surface area (Å²) in [6.07, 6.45) is 17.4. The van der Waals surface area contributed by atoms with Crippen LogP contribution in [0.2, 0.25) is 0 Å². The number of halogens is 1. The van der Waals surface area contributed by atoms with Crippen LogP contribution < -0.4 is 0 Å². The van der Waals surface area contributed by atoms with Gasteiger partial charge < -0.3 is 0 Å². The summed E-state index contributed by atoms with van der Waals surface area (Å²) in [6.45, 7) is 4.71. The average Bonchev–Trinajstić information content (AvgIpc) is 2.89. The van der Waals surface area contributed by atoms with Crippen LogP contribution in [0.25, 0.3) is 11.1 Å². The zero-order valence-corrected chi connectivity index (χ0v) is 21.6. The van der Waals surface area contributed by atoms with E-state index in [9.17, 15) is 0 Å². The molecule has 0 spiro atoms. The average molecular weight is 461 g/mol. The van der Waals surface area contributed by atoms with E-state index >= 15 is 4.39 Å². The molecular formula is C33H45F. The highest BCUT2D eigenvalue weighted by molar-refractivity contribution is 5.64. The minimum atomic E-state index is -0.00282. The summed E-state index contributed by atoms with van der Waals surface area (Å²) in [5.41, 5.74) is 4.60. The fraction of sp³-hybridized carbons (Fsp3) is 0.636. The Balaban J connectivity index is 1.18. The minimum absolute atomic E-state index is 0.00282. The van der Waals surface area contributed by atoms with Crippen molar-refractivity contribution in [3.63, 3.8) is 0 Å². The van der Waals surface area contributed by atoms with Crippen molar-refractivity contribution in [1.29, 1.82) is 0 Å². The first-order valence-corrected chi connectivity index (χ1v) is 14.5. The molecule has 2 aromatic rings. The smallest absolute Gasteiger partial charge is 0.127 e. The van der Waals surface area contributed by atoms with E-state index in [4.69, 9.17) is 0 Å². The van der Waals surface area contributed by atoms with Gasteiger partial charge in [-0.15, -0.1) is 0 Å². The maximum absolute atomic E-state index is 15.1. The third-order valence-corrected chi connectivity index (χ3v) is 10.1. The van der Waals surface area contributed by atoms with Gasteiger partial charge in [-0.2, -0.15) is 0 Å². The summed E-state index contributed by atoms with van der Waals surface area (Å²) in [4.78, 5) is 0. The lowest BCUT2D eigenvalue weighted by molar-refractivity contribution is 0.165. The summed E-state index contributed by atoms with van der Waals surface area (Å²) in [5, 5.41) is 0. The van der Waals surface area contributed by atoms with Crippen LogP contribution in [0.4, 0.5) is 4.39 Å². The summed E-state index contributed by atoms with van der Waals surface area (Å²) in [7, 11) is 0. The van der Waals surface area contributed by atoms with Gasteiger partial charge in [-0.3, -0.25) is 0 Å². The molecule has 0 nitrogen and oxygen atoms in total. The molecule has 2 aromatic carbocycles. The molecule has 0 atom stereocenters. The van der Waals surface area contributed by atoms with Crippen molar-refractivity contribution in [2.75, 3.05) is 0 Å². The molecule has 0 unspecified atom stereocenters. The van der Waals surface area contributed by atoms with Gasteiger partial charge in [0.05, 0.1) is 0 Å². The second-order valence-corrected chi connectivity index (χ2v) is 12.1. The summed E-state index contributed by atoms with van der Waals surface area (Å²) in [5.74, 6) is 4.90. The zero-order chi connectivity index (χ0) is 23.5. The van der Waals surface area contributed by atoms with E-state index in [2.05, 4.69) is 50.2 Å². The standard InChI is InChI=1S/C33H45F/c1-3-24-6-10-30(11-7-24)32-21-20-31(22-33(32)34)29-18-16-28(17-19-29)27-14-12-26(13-15-27)25-8-4-23(2)5-9-25/h16-27,30H,3-15H2,1-2H3. The Morgan fingerprint density at radius 2 is 1.21 bits per heavy atom. The van der Waals surface area contributed by atoms with Gasteiger partial charge in [-0.05, 0) is 128 Å². The fourth-order valence-electron chi connectivity index (χ4n) is 7.55. The molecule has 3 aliphatic carbocycles. The Morgan fingerprint density at radius 1 is 0.647 bits per heavy atom. The first kappa shape index (κ1) is 24.1. The molecule has 0 radical (unpaired) electrons. The topological polar surface area (TPSA) is 0 Å². The summed E-state index contributed by atoms with van der Waals surface area (Å²) in [6, 6.07) is 15.1. The van der Waals surface area contributed by atoms with Crippen molar-refractivity contribution >= 4 is 0 Å². The van der Waals surface area contributed by atoms with Crippen molar-refractivity contribution in [1.82, 2.24) is 0 Å². The lowest BCUT2D eigenvalue weighted by Gasteiger charge is -2.37. The third-order valence-electron chi connectivity index (χ3n) is 10.1. The Kier molecular flexibility index (Phi) is 7.77. The molecule has 5 rings (SSSR count). The quantitative estimate of drug-likeness (QED) is 0.416. The van der Waals surface area contributed by atoms with Gasteiger partial charge in [-0.1, -0.05) is 69.5 Å². The monoisotopic (exact) mass is 460 g/mol. The van der Waals surface area contributed by atoms with Crippen molar-refractivity contribution in [3.05, 3.63) is 59.4 Å². The van der Waals surface area contributed by atoms with Crippen LogP contribution in [0.3, 0.4) is 0 Å². The fourth-order valence-corrected chi connectivity index (χ4v) is 7.55. The Labute approximate surface area is 207 Å². The molecular weight excluding hydrogens is 415 g/mol. The van der Waals surface area contributed by atoms with Gasteiger partial charge in [0.2, 0.25) is 0 Å². The van der Waals surface area contributed by atoms with Crippen LogP contribution in [-0.2, 0) is 0 Å². The van der Waals surface area contributed by atoms with Gasteiger partial charge in [0, 0.05) is 0 Å². The first-order chi connectivity index (χ1) is 16.6. The SMILES string of the molecule is CCC1CCC(c2ccc(-c3ccc(C4CCC(C5CCC(C)CC5)CC4)cc3)cc2F)CC1. The van der Waals surface area contributed by atoms with E-state index in [1.54, 1.807) is 6.07 Å². The lowest BCUT2D eigenvalue weighted by Crippen LogP contribution is -2.24. The lowest BCUT2D eigenvalue weighted by atomic mass is 9.68. The Bertz CT molecular complexity index is 904. The predicted octanol–water partition coefficient (Wildman–Crippen LogP) is 10.3. The van der Waals surface area contributed by atoms with Gasteiger partial charge in [0.25, 0.3) is 0 Å². The maximum atomic E-state index is 15.1. The van der Waals surface area contributed by atoms with Gasteiger partial charge in [-0.25, -0.2) is 4.39 Å². The molecule has 0 N–H and O–H groups in total. The van der Waals surface area contributed by atoms with Crippen molar-refractivity contribution in [3.8, 4) is 11.1 Å². The van der Waals surface area contributed by atoms with Crippen LogP contribution in [0.5, 0.6) is 0 Å². The normalized spacial score (nSPS) is 32.4. The molecule has 1 heteroatoms. The molecule has 34 heavy (non-hydrogen) atoms. The molecule has 3 aliphatic rings. The predicted molar refractivity (Wildman–Crippen MR) is 143 cm³/mol. The highest BCUT2D eigenvalue weighted by Crippen LogP contribution is 2.44. The Hall–Kier alpha value is -1.63. The molecule has 0 aliphatic heterocycles. The first-order valence-electron chi connectivity index (χ1n) is 14.5. The van der Waals surface area contributed by atoms with Crippen LogP contribution in [0.1, 0.15) is 120 Å². The van der Waals surface area contributed by atoms with Crippen LogP contribution >= 0.6 is 0 Å². The van der Waals surface area contributed by atoms with Gasteiger partial charge in [0.1, 0.15) is 5.82 Å². The highest BCUT2D eigenvalue weighted by Gasteiger charge is 2.30. The van der Waals surface area contributed by atoms with Crippen LogP contribution in [-0.4, -0.2) is 0 Å². The largest absolute Gasteiger partial charge is 0.207 e. The van der Waals surface area contributed by atoms with E-state index in [1.807, 2.05) is 0 Å². The van der Waals surface area contributed by atoms with E-state index in [0.717, 1.165) is 53.2 Å². The van der Waals surface area contributed by atoms with Crippen molar-refractivity contribution in [2.45, 2.75) is 109 Å². The Morgan fingerprint density at radius 3 is 1.79 bits per heavy atom.